The number of benzene rings is 5. The molecule has 0 fully saturated rings. The van der Waals surface area contributed by atoms with Gasteiger partial charge in [0, 0.05) is 12.0 Å². The average molecular weight is 599 g/mol. The van der Waals surface area contributed by atoms with Gasteiger partial charge in [0.1, 0.15) is 30.8 Å². The van der Waals surface area contributed by atoms with Crippen LogP contribution in [0.1, 0.15) is 56.3 Å². The number of Topliss-reactive ketones (excluding diaryl/α,β-unsaturated/α-hetero) is 1. The smallest absolute Gasteiger partial charge is 0.338 e. The number of esters is 1. The van der Waals surface area contributed by atoms with Crippen LogP contribution in [0, 0.1) is 0 Å². The zero-order chi connectivity index (χ0) is 31.4. The largest absolute Gasteiger partial charge is 0.497 e. The van der Waals surface area contributed by atoms with Gasteiger partial charge >= 0.3 is 5.97 Å². The number of aliphatic hydroxyl groups is 1. The molecule has 5 aromatic rings. The SMILES string of the molecule is CCC(=O)c1ccccc1C(=O)OCC(O)COc1ccc(C2(c3ccc(OC)cc3)c3ccccc3-c3ccccc32)cc1. The molecule has 45 heavy (non-hydrogen) atoms. The number of rotatable bonds is 11. The average Bonchev–Trinajstić information content (AvgIpc) is 3.40. The summed E-state index contributed by atoms with van der Waals surface area (Å²) in [5, 5.41) is 10.5. The van der Waals surface area contributed by atoms with Crippen LogP contribution in [0.2, 0.25) is 0 Å². The maximum atomic E-state index is 12.7. The molecule has 1 aliphatic rings. The lowest BCUT2D eigenvalue weighted by Gasteiger charge is -2.34. The Bertz CT molecular complexity index is 1780. The molecule has 6 rings (SSSR count). The zero-order valence-electron chi connectivity index (χ0n) is 25.2. The zero-order valence-corrected chi connectivity index (χ0v) is 25.2. The minimum absolute atomic E-state index is 0.0720. The summed E-state index contributed by atoms with van der Waals surface area (Å²) >= 11 is 0. The molecule has 0 bridgehead atoms. The fourth-order valence-corrected chi connectivity index (χ4v) is 6.25. The highest BCUT2D eigenvalue weighted by molar-refractivity contribution is 6.06. The van der Waals surface area contributed by atoms with E-state index in [0.717, 1.165) is 16.9 Å². The number of carbonyl (C=O) groups is 2. The van der Waals surface area contributed by atoms with Crippen molar-refractivity contribution in [2.24, 2.45) is 0 Å². The number of fused-ring (bicyclic) bond motifs is 3. The molecule has 0 heterocycles. The monoisotopic (exact) mass is 598 g/mol. The summed E-state index contributed by atoms with van der Waals surface area (Å²) in [5.74, 6) is 0.567. The standard InChI is InChI=1S/C39H34O6/c1-3-37(41)33-12-4-5-13-34(33)38(42)45-25-28(40)24-44-30-22-18-27(19-23-30)39(26-16-20-29(43-2)21-17-26)35-14-8-6-10-31(35)32-11-7-9-15-36(32)39/h4-23,28,40H,3,24-25H2,1-2H3. The van der Waals surface area contributed by atoms with Crippen molar-refractivity contribution < 1.29 is 28.9 Å². The van der Waals surface area contributed by atoms with Crippen molar-refractivity contribution in [3.8, 4) is 22.6 Å². The second-order valence-electron chi connectivity index (χ2n) is 11.0. The lowest BCUT2D eigenvalue weighted by molar-refractivity contribution is 0.0129. The van der Waals surface area contributed by atoms with E-state index in [4.69, 9.17) is 14.2 Å². The Morgan fingerprint density at radius 2 is 1.18 bits per heavy atom. The van der Waals surface area contributed by atoms with Gasteiger partial charge in [-0.1, -0.05) is 97.9 Å². The number of hydrogen-bond donors (Lipinski definition) is 1. The molecule has 0 saturated heterocycles. The van der Waals surface area contributed by atoms with E-state index in [1.807, 2.05) is 24.3 Å². The van der Waals surface area contributed by atoms with E-state index < -0.39 is 17.5 Å². The molecule has 1 unspecified atom stereocenters. The highest BCUT2D eigenvalue weighted by atomic mass is 16.5. The van der Waals surface area contributed by atoms with Crippen molar-refractivity contribution in [3.05, 3.63) is 155 Å². The number of hydrogen-bond acceptors (Lipinski definition) is 6. The van der Waals surface area contributed by atoms with Gasteiger partial charge in [-0.05, 0) is 63.7 Å². The Morgan fingerprint density at radius 1 is 0.667 bits per heavy atom. The van der Waals surface area contributed by atoms with Gasteiger partial charge in [0.15, 0.2) is 5.78 Å². The van der Waals surface area contributed by atoms with Gasteiger partial charge in [0.2, 0.25) is 0 Å². The topological polar surface area (TPSA) is 82.1 Å². The Labute approximate surface area is 262 Å². The van der Waals surface area contributed by atoms with Crippen molar-refractivity contribution in [2.75, 3.05) is 20.3 Å². The van der Waals surface area contributed by atoms with Crippen molar-refractivity contribution >= 4 is 11.8 Å². The number of ketones is 1. The van der Waals surface area contributed by atoms with E-state index in [9.17, 15) is 14.7 Å². The minimum atomic E-state index is -1.05. The van der Waals surface area contributed by atoms with Gasteiger partial charge in [0.25, 0.3) is 0 Å². The maximum absolute atomic E-state index is 12.7. The Morgan fingerprint density at radius 3 is 1.73 bits per heavy atom. The third-order valence-corrected chi connectivity index (χ3v) is 8.38. The second-order valence-corrected chi connectivity index (χ2v) is 11.0. The highest BCUT2D eigenvalue weighted by Crippen LogP contribution is 2.56. The molecule has 0 aromatic heterocycles. The fraction of sp³-hybridized carbons (Fsp3) is 0.179. The number of ether oxygens (including phenoxy) is 3. The van der Waals surface area contributed by atoms with Gasteiger partial charge in [-0.15, -0.1) is 0 Å². The van der Waals surface area contributed by atoms with Crippen LogP contribution in [0.25, 0.3) is 11.1 Å². The van der Waals surface area contributed by atoms with Crippen molar-refractivity contribution in [3.63, 3.8) is 0 Å². The van der Waals surface area contributed by atoms with Gasteiger partial charge in [-0.25, -0.2) is 4.79 Å². The van der Waals surface area contributed by atoms with E-state index in [1.54, 1.807) is 38.3 Å². The van der Waals surface area contributed by atoms with Crippen molar-refractivity contribution in [1.82, 2.24) is 0 Å². The molecule has 1 atom stereocenters. The van der Waals surface area contributed by atoms with Crippen molar-refractivity contribution in [1.29, 1.82) is 0 Å². The molecule has 226 valence electrons. The van der Waals surface area contributed by atoms with Gasteiger partial charge < -0.3 is 19.3 Å². The summed E-state index contributed by atoms with van der Waals surface area (Å²) in [6.07, 6.45) is -0.776. The van der Waals surface area contributed by atoms with E-state index in [-0.39, 0.29) is 31.0 Å². The van der Waals surface area contributed by atoms with Crippen LogP contribution < -0.4 is 9.47 Å². The first-order valence-corrected chi connectivity index (χ1v) is 15.0. The van der Waals surface area contributed by atoms with Crippen molar-refractivity contribution in [2.45, 2.75) is 24.9 Å². The highest BCUT2D eigenvalue weighted by Gasteiger charge is 2.45. The second kappa shape index (κ2) is 12.8. The Kier molecular flexibility index (Phi) is 8.49. The van der Waals surface area contributed by atoms with Gasteiger partial charge in [-0.3, -0.25) is 4.79 Å². The van der Waals surface area contributed by atoms with Gasteiger partial charge in [-0.2, -0.15) is 0 Å². The quantitative estimate of drug-likeness (QED) is 0.125. The summed E-state index contributed by atoms with van der Waals surface area (Å²) in [6, 6.07) is 39.7. The third kappa shape index (κ3) is 5.49. The molecular formula is C39H34O6. The van der Waals surface area contributed by atoms with Crippen LogP contribution in [-0.4, -0.2) is 43.3 Å². The first-order valence-electron chi connectivity index (χ1n) is 15.0. The first kappa shape index (κ1) is 29.9. The van der Waals surface area contributed by atoms with E-state index >= 15 is 0 Å². The van der Waals surface area contributed by atoms with Crippen LogP contribution >= 0.6 is 0 Å². The van der Waals surface area contributed by atoms with Crippen LogP contribution in [-0.2, 0) is 10.2 Å². The fourth-order valence-electron chi connectivity index (χ4n) is 6.25. The summed E-state index contributed by atoms with van der Waals surface area (Å²) < 4.78 is 16.7. The summed E-state index contributed by atoms with van der Waals surface area (Å²) in [6.45, 7) is 1.40. The number of carbonyl (C=O) groups excluding carboxylic acids is 2. The van der Waals surface area contributed by atoms with E-state index in [0.29, 0.717) is 11.3 Å². The van der Waals surface area contributed by atoms with Gasteiger partial charge in [0.05, 0.1) is 18.1 Å². The van der Waals surface area contributed by atoms with Crippen LogP contribution in [0.5, 0.6) is 11.5 Å². The minimum Gasteiger partial charge on any atom is -0.497 e. The maximum Gasteiger partial charge on any atom is 0.338 e. The first-order chi connectivity index (χ1) is 22.0. The molecular weight excluding hydrogens is 564 g/mol. The van der Waals surface area contributed by atoms with E-state index in [1.165, 1.54) is 22.3 Å². The van der Waals surface area contributed by atoms with Crippen LogP contribution in [0.4, 0.5) is 0 Å². The number of methoxy groups -OCH3 is 1. The normalized spacial score (nSPS) is 13.3. The van der Waals surface area contributed by atoms with Crippen LogP contribution in [0.15, 0.2) is 121 Å². The molecule has 0 aliphatic heterocycles. The predicted octanol–water partition coefficient (Wildman–Crippen LogP) is 7.25. The molecule has 0 spiro atoms. The van der Waals surface area contributed by atoms with Crippen LogP contribution in [0.3, 0.4) is 0 Å². The summed E-state index contributed by atoms with van der Waals surface area (Å²) in [7, 11) is 1.67. The molecule has 6 heteroatoms. The lowest BCUT2D eigenvalue weighted by atomic mass is 9.68. The predicted molar refractivity (Wildman–Crippen MR) is 173 cm³/mol. The summed E-state index contributed by atoms with van der Waals surface area (Å²) in [4.78, 5) is 24.9. The molecule has 0 radical (unpaired) electrons. The molecule has 1 N–H and O–H groups in total. The Balaban J connectivity index is 1.22. The summed E-state index contributed by atoms with van der Waals surface area (Å²) in [5.41, 5.74) is 6.94. The molecule has 0 amide bonds. The molecule has 1 aliphatic carbocycles. The Hall–Kier alpha value is -5.20. The lowest BCUT2D eigenvalue weighted by Crippen LogP contribution is -2.28. The molecule has 6 nitrogen and oxygen atoms in total. The van der Waals surface area contributed by atoms with E-state index in [2.05, 4.69) is 72.8 Å². The third-order valence-electron chi connectivity index (χ3n) is 8.38. The molecule has 5 aromatic carbocycles. The molecule has 0 saturated carbocycles. The number of aliphatic hydroxyl groups excluding tert-OH is 1.